The summed E-state index contributed by atoms with van der Waals surface area (Å²) in [5.74, 6) is 1.11. The average Bonchev–Trinajstić information content (AvgIpc) is 2.35. The fourth-order valence-corrected chi connectivity index (χ4v) is 1.88. The van der Waals surface area contributed by atoms with Gasteiger partial charge in [0, 0.05) is 6.42 Å². The van der Waals surface area contributed by atoms with Crippen molar-refractivity contribution in [3.8, 4) is 5.75 Å². The first-order valence-electron chi connectivity index (χ1n) is 5.75. The van der Waals surface area contributed by atoms with Crippen LogP contribution in [-0.4, -0.2) is 12.9 Å². The van der Waals surface area contributed by atoms with Gasteiger partial charge in [-0.1, -0.05) is 24.3 Å². The van der Waals surface area contributed by atoms with E-state index in [-0.39, 0.29) is 36.8 Å². The number of aryl methyl sites for hydroxylation is 1. The molecule has 2 rings (SSSR count). The maximum absolute atomic E-state index is 10.9. The summed E-state index contributed by atoms with van der Waals surface area (Å²) in [6, 6.07) is 12.3. The molecule has 2 aromatic carbocycles. The second-order valence-electron chi connectivity index (χ2n) is 4.25. The Balaban J connectivity index is 0.00000162. The van der Waals surface area contributed by atoms with Crippen LogP contribution in [0.25, 0.3) is 10.8 Å². The van der Waals surface area contributed by atoms with Gasteiger partial charge in [-0.05, 0) is 41.8 Å². The summed E-state index contributed by atoms with van der Waals surface area (Å²) in [7, 11) is 1.67. The van der Waals surface area contributed by atoms with Crippen molar-refractivity contribution in [1.29, 1.82) is 0 Å². The molecule has 0 aliphatic carbocycles. The van der Waals surface area contributed by atoms with Crippen molar-refractivity contribution in [1.82, 2.24) is 0 Å². The first-order chi connectivity index (χ1) is 8.19. The van der Waals surface area contributed by atoms with Crippen molar-refractivity contribution in [3.63, 3.8) is 0 Å². The summed E-state index contributed by atoms with van der Waals surface area (Å²) < 4.78 is 5.19. The Bertz CT molecular complexity index is 555. The minimum Gasteiger partial charge on any atom is -1.00 e. The third-order valence-electron chi connectivity index (χ3n) is 2.88. The molecule has 2 nitrogen and oxygen atoms in total. The molecule has 0 aliphatic heterocycles. The normalized spacial score (nSPS) is 9.89. The zero-order valence-electron chi connectivity index (χ0n) is 12.2. The molecule has 0 aromatic heterocycles. The summed E-state index contributed by atoms with van der Waals surface area (Å²) in [5.41, 5.74) is 1.21. The molecule has 2 aromatic rings. The Morgan fingerprint density at radius 3 is 2.50 bits per heavy atom. The van der Waals surface area contributed by atoms with Gasteiger partial charge in [0.2, 0.25) is 0 Å². The van der Waals surface area contributed by atoms with Crippen LogP contribution in [0.1, 0.15) is 20.3 Å². The van der Waals surface area contributed by atoms with E-state index in [2.05, 4.69) is 18.2 Å². The van der Waals surface area contributed by atoms with Crippen molar-refractivity contribution >= 4 is 16.6 Å². The van der Waals surface area contributed by atoms with Gasteiger partial charge in [0.25, 0.3) is 0 Å². The van der Waals surface area contributed by atoms with E-state index < -0.39 is 0 Å². The summed E-state index contributed by atoms with van der Waals surface area (Å²) in [6.07, 6.45) is 1.43. The first kappa shape index (κ1) is 15.2. The minimum absolute atomic E-state index is 0. The molecule has 0 N–H and O–H groups in total. The van der Waals surface area contributed by atoms with Crippen molar-refractivity contribution in [3.05, 3.63) is 42.0 Å². The molecule has 0 atom stereocenters. The van der Waals surface area contributed by atoms with E-state index in [0.29, 0.717) is 6.42 Å². The summed E-state index contributed by atoms with van der Waals surface area (Å²) >= 11 is 0. The number of rotatable bonds is 4. The number of benzene rings is 2. The van der Waals surface area contributed by atoms with Gasteiger partial charge in [-0.15, -0.1) is 0 Å². The fourth-order valence-electron chi connectivity index (χ4n) is 1.88. The van der Waals surface area contributed by atoms with E-state index in [1.54, 1.807) is 14.0 Å². The van der Waals surface area contributed by atoms with Crippen LogP contribution in [0.3, 0.4) is 0 Å². The predicted molar refractivity (Wildman–Crippen MR) is 70.6 cm³/mol. The number of carbonyl (C=O) groups is 1. The van der Waals surface area contributed by atoms with Crippen LogP contribution in [0.15, 0.2) is 36.4 Å². The van der Waals surface area contributed by atoms with Gasteiger partial charge in [0.05, 0.1) is 7.11 Å². The Hall–Kier alpha value is -0.830. The maximum atomic E-state index is 10.9. The molecular weight excluding hydrogens is 235 g/mol. The number of hydrogen-bond donors (Lipinski definition) is 0. The van der Waals surface area contributed by atoms with Crippen LogP contribution in [0.5, 0.6) is 5.75 Å². The van der Waals surface area contributed by atoms with Crippen LogP contribution >= 0.6 is 0 Å². The standard InChI is InChI=1S/C15H16O2.Na.H/c1-11(16)3-4-12-5-6-14-10-15(17-2)8-7-13(14)9-12;;/h5-10H,3-4H2,1-2H3;;/q;+1;-1. The van der Waals surface area contributed by atoms with Crippen LogP contribution in [0.4, 0.5) is 0 Å². The van der Waals surface area contributed by atoms with Gasteiger partial charge >= 0.3 is 29.6 Å². The molecule has 0 amide bonds. The molecule has 0 fully saturated rings. The maximum Gasteiger partial charge on any atom is 1.00 e. The SMILES string of the molecule is COc1ccc2cc(CCC(C)=O)ccc2c1.[H-].[Na+]. The monoisotopic (exact) mass is 252 g/mol. The van der Waals surface area contributed by atoms with Crippen LogP contribution in [0.2, 0.25) is 0 Å². The van der Waals surface area contributed by atoms with Gasteiger partial charge in [-0.3, -0.25) is 0 Å². The molecule has 3 heteroatoms. The number of methoxy groups -OCH3 is 1. The zero-order valence-corrected chi connectivity index (χ0v) is 13.2. The summed E-state index contributed by atoms with van der Waals surface area (Å²) in [5, 5.41) is 2.35. The largest absolute Gasteiger partial charge is 1.00 e. The van der Waals surface area contributed by atoms with Gasteiger partial charge < -0.3 is 11.0 Å². The molecule has 0 saturated carbocycles. The van der Waals surface area contributed by atoms with E-state index in [9.17, 15) is 4.79 Å². The third-order valence-corrected chi connectivity index (χ3v) is 2.88. The third kappa shape index (κ3) is 3.84. The van der Waals surface area contributed by atoms with E-state index in [1.807, 2.05) is 18.2 Å². The van der Waals surface area contributed by atoms with Crippen molar-refractivity contribution in [2.24, 2.45) is 0 Å². The number of Topliss-reactive ketones (excluding diaryl/α,β-unsaturated/α-hetero) is 1. The molecule has 0 radical (unpaired) electrons. The average molecular weight is 252 g/mol. The summed E-state index contributed by atoms with van der Waals surface area (Å²) in [6.45, 7) is 1.63. The number of carbonyl (C=O) groups excluding carboxylic acids is 1. The van der Waals surface area contributed by atoms with E-state index in [4.69, 9.17) is 4.74 Å². The first-order valence-corrected chi connectivity index (χ1v) is 5.75. The number of ether oxygens (including phenoxy) is 1. The summed E-state index contributed by atoms with van der Waals surface area (Å²) in [4.78, 5) is 10.9. The zero-order chi connectivity index (χ0) is 12.3. The minimum atomic E-state index is 0. The molecule has 0 aliphatic rings. The molecule has 0 saturated heterocycles. The van der Waals surface area contributed by atoms with Crippen LogP contribution < -0.4 is 34.3 Å². The fraction of sp³-hybridized carbons (Fsp3) is 0.267. The van der Waals surface area contributed by atoms with E-state index >= 15 is 0 Å². The molecule has 0 heterocycles. The van der Waals surface area contributed by atoms with Gasteiger partial charge in [-0.2, -0.15) is 0 Å². The molecule has 0 bridgehead atoms. The Morgan fingerprint density at radius 1 is 1.17 bits per heavy atom. The molecule has 18 heavy (non-hydrogen) atoms. The Morgan fingerprint density at radius 2 is 1.83 bits per heavy atom. The smallest absolute Gasteiger partial charge is 1.00 e. The molecule has 90 valence electrons. The van der Waals surface area contributed by atoms with Crippen LogP contribution in [0, 0.1) is 0 Å². The molecule has 0 unspecified atom stereocenters. The van der Waals surface area contributed by atoms with Crippen molar-refractivity contribution in [2.45, 2.75) is 19.8 Å². The Kier molecular flexibility index (Phi) is 5.86. The van der Waals surface area contributed by atoms with Crippen molar-refractivity contribution in [2.75, 3.05) is 7.11 Å². The van der Waals surface area contributed by atoms with Gasteiger partial charge in [-0.25, -0.2) is 0 Å². The van der Waals surface area contributed by atoms with Crippen LogP contribution in [-0.2, 0) is 11.2 Å². The van der Waals surface area contributed by atoms with Crippen molar-refractivity contribution < 1.29 is 40.5 Å². The van der Waals surface area contributed by atoms with Gasteiger partial charge in [0.15, 0.2) is 0 Å². The van der Waals surface area contributed by atoms with E-state index in [1.165, 1.54) is 10.9 Å². The van der Waals surface area contributed by atoms with Gasteiger partial charge in [0.1, 0.15) is 11.5 Å². The number of hydrogen-bond acceptors (Lipinski definition) is 2. The second-order valence-corrected chi connectivity index (χ2v) is 4.25. The molecular formula is C15H17NaO2. The Labute approximate surface area is 131 Å². The number of ketones is 1. The number of fused-ring (bicyclic) bond motifs is 1. The molecule has 0 spiro atoms. The quantitative estimate of drug-likeness (QED) is 0.740. The second kappa shape index (κ2) is 6.93. The van der Waals surface area contributed by atoms with E-state index in [0.717, 1.165) is 17.6 Å². The predicted octanol–water partition coefficient (Wildman–Crippen LogP) is 0.486. The topological polar surface area (TPSA) is 26.3 Å².